The first kappa shape index (κ1) is 14.9. The SMILES string of the molecule is CC1CN(CCCCCCCN)CC(C)N1C. The van der Waals surface area contributed by atoms with Crippen LogP contribution in [0.25, 0.3) is 0 Å². The first-order valence-corrected chi connectivity index (χ1v) is 7.29. The van der Waals surface area contributed by atoms with Gasteiger partial charge in [-0.25, -0.2) is 0 Å². The second kappa shape index (κ2) is 8.06. The van der Waals surface area contributed by atoms with Gasteiger partial charge in [-0.1, -0.05) is 19.3 Å². The van der Waals surface area contributed by atoms with E-state index >= 15 is 0 Å². The molecule has 0 aromatic heterocycles. The Balaban J connectivity index is 2.07. The third kappa shape index (κ3) is 5.36. The van der Waals surface area contributed by atoms with Gasteiger partial charge in [0.2, 0.25) is 0 Å². The van der Waals surface area contributed by atoms with Gasteiger partial charge in [0.25, 0.3) is 0 Å². The van der Waals surface area contributed by atoms with Crippen LogP contribution in [0.3, 0.4) is 0 Å². The maximum absolute atomic E-state index is 5.49. The monoisotopic (exact) mass is 241 g/mol. The lowest BCUT2D eigenvalue weighted by atomic mass is 10.1. The highest BCUT2D eigenvalue weighted by Gasteiger charge is 2.25. The Hall–Kier alpha value is -0.120. The highest BCUT2D eigenvalue weighted by atomic mass is 15.3. The smallest absolute Gasteiger partial charge is 0.0195 e. The lowest BCUT2D eigenvalue weighted by Crippen LogP contribution is -2.54. The number of piperazine rings is 1. The van der Waals surface area contributed by atoms with Gasteiger partial charge in [0.1, 0.15) is 0 Å². The lowest BCUT2D eigenvalue weighted by Gasteiger charge is -2.42. The third-order valence-electron chi connectivity index (χ3n) is 4.11. The van der Waals surface area contributed by atoms with Gasteiger partial charge in [-0.15, -0.1) is 0 Å². The van der Waals surface area contributed by atoms with E-state index in [0.717, 1.165) is 6.54 Å². The van der Waals surface area contributed by atoms with Crippen molar-refractivity contribution < 1.29 is 0 Å². The average molecular weight is 241 g/mol. The summed E-state index contributed by atoms with van der Waals surface area (Å²) in [6, 6.07) is 1.41. The summed E-state index contributed by atoms with van der Waals surface area (Å²) in [6.07, 6.45) is 6.59. The highest BCUT2D eigenvalue weighted by Crippen LogP contribution is 2.14. The van der Waals surface area contributed by atoms with E-state index < -0.39 is 0 Å². The van der Waals surface area contributed by atoms with E-state index in [1.54, 1.807) is 0 Å². The minimum atomic E-state index is 0.705. The molecular weight excluding hydrogens is 210 g/mol. The minimum absolute atomic E-state index is 0.705. The van der Waals surface area contributed by atoms with Gasteiger partial charge in [-0.2, -0.15) is 0 Å². The van der Waals surface area contributed by atoms with E-state index in [9.17, 15) is 0 Å². The van der Waals surface area contributed by atoms with E-state index in [1.165, 1.54) is 51.7 Å². The zero-order valence-corrected chi connectivity index (χ0v) is 12.0. The summed E-state index contributed by atoms with van der Waals surface area (Å²) in [6.45, 7) is 9.29. The normalized spacial score (nSPS) is 27.5. The number of rotatable bonds is 7. The molecule has 0 saturated carbocycles. The van der Waals surface area contributed by atoms with E-state index in [2.05, 4.69) is 30.7 Å². The minimum Gasteiger partial charge on any atom is -0.330 e. The molecule has 0 amide bonds. The molecule has 2 N–H and O–H groups in total. The van der Waals surface area contributed by atoms with E-state index in [-0.39, 0.29) is 0 Å². The topological polar surface area (TPSA) is 32.5 Å². The van der Waals surface area contributed by atoms with Gasteiger partial charge in [0.15, 0.2) is 0 Å². The van der Waals surface area contributed by atoms with Gasteiger partial charge < -0.3 is 10.6 Å². The van der Waals surface area contributed by atoms with Gasteiger partial charge in [0, 0.05) is 25.2 Å². The van der Waals surface area contributed by atoms with E-state index in [1.807, 2.05) is 0 Å². The molecule has 2 atom stereocenters. The standard InChI is InChI=1S/C14H31N3/c1-13-11-17(12-14(2)16(13)3)10-8-6-4-5-7-9-15/h13-14H,4-12,15H2,1-3H3. The summed E-state index contributed by atoms with van der Waals surface area (Å²) < 4.78 is 0. The molecule has 1 aliphatic heterocycles. The van der Waals surface area contributed by atoms with Crippen LogP contribution in [-0.2, 0) is 0 Å². The Morgan fingerprint density at radius 1 is 0.941 bits per heavy atom. The van der Waals surface area contributed by atoms with Crippen molar-refractivity contribution in [3.8, 4) is 0 Å². The predicted octanol–water partition coefficient (Wildman–Crippen LogP) is 1.92. The maximum atomic E-state index is 5.49. The highest BCUT2D eigenvalue weighted by molar-refractivity contribution is 4.82. The summed E-state index contributed by atoms with van der Waals surface area (Å²) in [5.41, 5.74) is 5.49. The first-order valence-electron chi connectivity index (χ1n) is 7.29. The van der Waals surface area contributed by atoms with Crippen LogP contribution in [0.4, 0.5) is 0 Å². The van der Waals surface area contributed by atoms with Crippen LogP contribution in [0.5, 0.6) is 0 Å². The van der Waals surface area contributed by atoms with Crippen LogP contribution in [0.15, 0.2) is 0 Å². The molecule has 1 fully saturated rings. The van der Waals surface area contributed by atoms with Crippen molar-refractivity contribution in [1.82, 2.24) is 9.80 Å². The zero-order valence-electron chi connectivity index (χ0n) is 12.0. The molecule has 0 bridgehead atoms. The quantitative estimate of drug-likeness (QED) is 0.691. The molecule has 1 saturated heterocycles. The Bertz CT molecular complexity index is 184. The molecule has 1 rings (SSSR count). The van der Waals surface area contributed by atoms with Crippen molar-refractivity contribution in [2.75, 3.05) is 33.2 Å². The second-order valence-corrected chi connectivity index (χ2v) is 5.68. The van der Waals surface area contributed by atoms with Crippen LogP contribution in [0, 0.1) is 0 Å². The molecule has 0 aromatic rings. The number of nitrogens with two attached hydrogens (primary N) is 1. The van der Waals surface area contributed by atoms with Gasteiger partial charge in [0.05, 0.1) is 0 Å². The number of nitrogens with zero attached hydrogens (tertiary/aromatic N) is 2. The summed E-state index contributed by atoms with van der Waals surface area (Å²) >= 11 is 0. The molecular formula is C14H31N3. The third-order valence-corrected chi connectivity index (χ3v) is 4.11. The molecule has 17 heavy (non-hydrogen) atoms. The van der Waals surface area contributed by atoms with Crippen molar-refractivity contribution in [2.45, 2.75) is 58.0 Å². The predicted molar refractivity (Wildman–Crippen MR) is 75.3 cm³/mol. The molecule has 102 valence electrons. The molecule has 2 unspecified atom stereocenters. The fourth-order valence-electron chi connectivity index (χ4n) is 2.71. The van der Waals surface area contributed by atoms with Gasteiger partial charge >= 0.3 is 0 Å². The molecule has 1 aliphatic rings. The van der Waals surface area contributed by atoms with Gasteiger partial charge in [-0.3, -0.25) is 4.90 Å². The Morgan fingerprint density at radius 3 is 2.06 bits per heavy atom. The number of unbranched alkanes of at least 4 members (excludes halogenated alkanes) is 4. The van der Waals surface area contributed by atoms with Crippen LogP contribution >= 0.6 is 0 Å². The molecule has 0 aliphatic carbocycles. The fraction of sp³-hybridized carbons (Fsp3) is 1.00. The van der Waals surface area contributed by atoms with E-state index in [4.69, 9.17) is 5.73 Å². The number of likely N-dealkylation sites (N-methyl/N-ethyl adjacent to an activating group) is 1. The molecule has 0 aromatic carbocycles. The van der Waals surface area contributed by atoms with Crippen LogP contribution < -0.4 is 5.73 Å². The van der Waals surface area contributed by atoms with Crippen molar-refractivity contribution >= 4 is 0 Å². The molecule has 0 radical (unpaired) electrons. The Kier molecular flexibility index (Phi) is 7.09. The molecule has 3 heteroatoms. The van der Waals surface area contributed by atoms with Crippen LogP contribution in [0.2, 0.25) is 0 Å². The van der Waals surface area contributed by atoms with Crippen molar-refractivity contribution in [3.63, 3.8) is 0 Å². The molecule has 1 heterocycles. The fourth-order valence-corrected chi connectivity index (χ4v) is 2.71. The summed E-state index contributed by atoms with van der Waals surface area (Å²) in [4.78, 5) is 5.13. The lowest BCUT2D eigenvalue weighted by molar-refractivity contribution is 0.0591. The maximum Gasteiger partial charge on any atom is 0.0195 e. The van der Waals surface area contributed by atoms with Crippen LogP contribution in [0.1, 0.15) is 46.0 Å². The average Bonchev–Trinajstić information content (AvgIpc) is 2.30. The number of hydrogen-bond donors (Lipinski definition) is 1. The second-order valence-electron chi connectivity index (χ2n) is 5.68. The van der Waals surface area contributed by atoms with Crippen molar-refractivity contribution in [3.05, 3.63) is 0 Å². The van der Waals surface area contributed by atoms with Gasteiger partial charge in [-0.05, 0) is 46.8 Å². The zero-order chi connectivity index (χ0) is 12.7. The summed E-state index contributed by atoms with van der Waals surface area (Å²) in [5.74, 6) is 0. The van der Waals surface area contributed by atoms with Crippen LogP contribution in [-0.4, -0.2) is 55.1 Å². The van der Waals surface area contributed by atoms with Crippen molar-refractivity contribution in [1.29, 1.82) is 0 Å². The van der Waals surface area contributed by atoms with E-state index in [0.29, 0.717) is 12.1 Å². The Morgan fingerprint density at radius 2 is 1.47 bits per heavy atom. The molecule has 3 nitrogen and oxygen atoms in total. The Labute approximate surface area is 107 Å². The molecule has 0 spiro atoms. The first-order chi connectivity index (χ1) is 8.15. The summed E-state index contributed by atoms with van der Waals surface area (Å²) in [5, 5.41) is 0. The largest absolute Gasteiger partial charge is 0.330 e. The van der Waals surface area contributed by atoms with Crippen molar-refractivity contribution in [2.24, 2.45) is 5.73 Å². The summed E-state index contributed by atoms with van der Waals surface area (Å²) in [7, 11) is 2.25. The number of hydrogen-bond acceptors (Lipinski definition) is 3.